The third kappa shape index (κ3) is 6.84. The van der Waals surface area contributed by atoms with Gasteiger partial charge in [0.15, 0.2) is 5.78 Å². The summed E-state index contributed by atoms with van der Waals surface area (Å²) in [4.78, 5) is 23.8. The fraction of sp³-hybridized carbons (Fsp3) is 0.429. The normalized spacial score (nSPS) is 14.1. The van der Waals surface area contributed by atoms with Crippen LogP contribution in [0.15, 0.2) is 24.3 Å². The molecule has 1 rings (SSSR count). The van der Waals surface area contributed by atoms with Crippen LogP contribution in [0.3, 0.4) is 0 Å². The van der Waals surface area contributed by atoms with Crippen molar-refractivity contribution in [1.82, 2.24) is 5.32 Å². The van der Waals surface area contributed by atoms with E-state index in [9.17, 15) is 23.5 Å². The van der Waals surface area contributed by atoms with Crippen molar-refractivity contribution in [2.45, 2.75) is 52.7 Å². The van der Waals surface area contributed by atoms with Gasteiger partial charge >= 0.3 is 0 Å². The number of aliphatic hydroxyl groups is 1. The predicted octanol–water partition coefficient (Wildman–Crippen LogP) is 2.79. The van der Waals surface area contributed by atoms with E-state index in [1.54, 1.807) is 12.1 Å². The zero-order valence-corrected chi connectivity index (χ0v) is 16.0. The van der Waals surface area contributed by atoms with Crippen molar-refractivity contribution in [1.29, 1.82) is 0 Å². The van der Waals surface area contributed by atoms with E-state index in [2.05, 4.69) is 29.0 Å². The Morgan fingerprint density at radius 3 is 2.07 bits per heavy atom. The number of ketones is 1. The Morgan fingerprint density at radius 1 is 1.07 bits per heavy atom. The van der Waals surface area contributed by atoms with E-state index in [0.29, 0.717) is 5.56 Å². The number of benzene rings is 1. The zero-order valence-electron chi connectivity index (χ0n) is 16.0. The minimum Gasteiger partial charge on any atom is -0.382 e. The molecule has 0 bridgehead atoms. The lowest BCUT2D eigenvalue weighted by Gasteiger charge is -2.30. The van der Waals surface area contributed by atoms with Gasteiger partial charge in [0, 0.05) is 16.5 Å². The number of Topliss-reactive ketones (excluding diaryl/α,β-unsaturated/α-hetero) is 1. The second-order valence-electron chi connectivity index (χ2n) is 7.37. The summed E-state index contributed by atoms with van der Waals surface area (Å²) in [6.07, 6.45) is -3.20. The van der Waals surface area contributed by atoms with E-state index in [4.69, 9.17) is 0 Å². The Balaban J connectivity index is 2.92. The molecule has 27 heavy (non-hydrogen) atoms. The van der Waals surface area contributed by atoms with Gasteiger partial charge in [-0.2, -0.15) is 0 Å². The molecule has 6 heteroatoms. The van der Waals surface area contributed by atoms with Crippen molar-refractivity contribution in [3.8, 4) is 23.7 Å². The van der Waals surface area contributed by atoms with E-state index >= 15 is 0 Å². The van der Waals surface area contributed by atoms with Crippen LogP contribution in [0.4, 0.5) is 8.78 Å². The standard InChI is InChI=1S/C21H23F2NO3/c1-14(25)17(21(5,27)19(22)23)24-18(26)16-11-9-15(10-12-16)8-6-7-13-20(2,3)4/h9-12,17,19,27H,1-5H3,(H,24,26)/t17-,21+/m1/s1. The second-order valence-corrected chi connectivity index (χ2v) is 7.37. The second kappa shape index (κ2) is 8.79. The van der Waals surface area contributed by atoms with Gasteiger partial charge in [-0.3, -0.25) is 9.59 Å². The Hall–Kier alpha value is -2.70. The van der Waals surface area contributed by atoms with Gasteiger partial charge in [-0.05, 0) is 70.7 Å². The molecule has 1 amide bonds. The number of hydrogen-bond acceptors (Lipinski definition) is 3. The molecule has 0 fully saturated rings. The molecule has 144 valence electrons. The highest BCUT2D eigenvalue weighted by Gasteiger charge is 2.44. The van der Waals surface area contributed by atoms with Crippen LogP contribution in [0.2, 0.25) is 0 Å². The maximum atomic E-state index is 13.0. The molecule has 0 aliphatic rings. The summed E-state index contributed by atoms with van der Waals surface area (Å²) in [5, 5.41) is 12.0. The van der Waals surface area contributed by atoms with Crippen LogP contribution in [0.5, 0.6) is 0 Å². The van der Waals surface area contributed by atoms with Crippen molar-refractivity contribution < 1.29 is 23.5 Å². The van der Waals surface area contributed by atoms with Gasteiger partial charge in [-0.1, -0.05) is 11.8 Å². The molecule has 0 aliphatic heterocycles. The van der Waals surface area contributed by atoms with Crippen LogP contribution in [0, 0.1) is 29.1 Å². The van der Waals surface area contributed by atoms with E-state index in [0.717, 1.165) is 13.8 Å². The molecule has 0 aliphatic carbocycles. The van der Waals surface area contributed by atoms with Gasteiger partial charge in [0.05, 0.1) is 0 Å². The molecule has 0 aromatic heterocycles. The largest absolute Gasteiger partial charge is 0.382 e. The summed E-state index contributed by atoms with van der Waals surface area (Å²) in [7, 11) is 0. The van der Waals surface area contributed by atoms with Crippen LogP contribution < -0.4 is 5.32 Å². The van der Waals surface area contributed by atoms with E-state index in [1.165, 1.54) is 12.1 Å². The molecular formula is C21H23F2NO3. The quantitative estimate of drug-likeness (QED) is 0.778. The fourth-order valence-corrected chi connectivity index (χ4v) is 2.03. The lowest BCUT2D eigenvalue weighted by atomic mass is 9.93. The molecule has 0 saturated carbocycles. The molecule has 1 aromatic carbocycles. The summed E-state index contributed by atoms with van der Waals surface area (Å²) in [5.74, 6) is 9.75. The van der Waals surface area contributed by atoms with Gasteiger partial charge in [0.2, 0.25) is 0 Å². The molecular weight excluding hydrogens is 352 g/mol. The number of alkyl halides is 2. The first kappa shape index (κ1) is 22.3. The molecule has 0 radical (unpaired) electrons. The highest BCUT2D eigenvalue weighted by atomic mass is 19.3. The highest BCUT2D eigenvalue weighted by molar-refractivity contribution is 5.98. The topological polar surface area (TPSA) is 66.4 Å². The van der Waals surface area contributed by atoms with Gasteiger partial charge in [-0.15, -0.1) is 0 Å². The highest BCUT2D eigenvalue weighted by Crippen LogP contribution is 2.21. The molecule has 4 nitrogen and oxygen atoms in total. The van der Waals surface area contributed by atoms with Gasteiger partial charge < -0.3 is 10.4 Å². The average Bonchev–Trinajstić information content (AvgIpc) is 2.55. The summed E-state index contributed by atoms with van der Waals surface area (Å²) in [5.41, 5.74) is -2.04. The average molecular weight is 375 g/mol. The molecule has 1 aromatic rings. The molecule has 0 unspecified atom stereocenters. The molecule has 0 heterocycles. The van der Waals surface area contributed by atoms with E-state index < -0.39 is 29.8 Å². The van der Waals surface area contributed by atoms with Crippen LogP contribution in [0.25, 0.3) is 0 Å². The number of nitrogens with one attached hydrogen (secondary N) is 1. The van der Waals surface area contributed by atoms with Crippen molar-refractivity contribution in [2.24, 2.45) is 5.41 Å². The van der Waals surface area contributed by atoms with Crippen molar-refractivity contribution in [2.75, 3.05) is 0 Å². The fourth-order valence-electron chi connectivity index (χ4n) is 2.03. The number of hydrogen-bond donors (Lipinski definition) is 2. The lowest BCUT2D eigenvalue weighted by Crippen LogP contribution is -2.58. The van der Waals surface area contributed by atoms with E-state index in [-0.39, 0.29) is 11.0 Å². The Bertz CT molecular complexity index is 813. The molecule has 0 spiro atoms. The Morgan fingerprint density at radius 2 is 1.63 bits per heavy atom. The summed E-state index contributed by atoms with van der Waals surface area (Å²) >= 11 is 0. The lowest BCUT2D eigenvalue weighted by molar-refractivity contribution is -0.138. The van der Waals surface area contributed by atoms with Gasteiger partial charge in [-0.25, -0.2) is 8.78 Å². The summed E-state index contributed by atoms with van der Waals surface area (Å²) < 4.78 is 25.9. The Kier molecular flexibility index (Phi) is 7.28. The summed E-state index contributed by atoms with van der Waals surface area (Å²) in [6.45, 7) is 7.73. The minimum absolute atomic E-state index is 0.149. The monoisotopic (exact) mass is 375 g/mol. The van der Waals surface area contributed by atoms with Crippen LogP contribution >= 0.6 is 0 Å². The number of amides is 1. The van der Waals surface area contributed by atoms with Crippen LogP contribution in [-0.4, -0.2) is 34.9 Å². The third-order valence-electron chi connectivity index (χ3n) is 3.56. The smallest absolute Gasteiger partial charge is 0.269 e. The molecule has 2 N–H and O–H groups in total. The van der Waals surface area contributed by atoms with Crippen molar-refractivity contribution in [3.63, 3.8) is 0 Å². The third-order valence-corrected chi connectivity index (χ3v) is 3.56. The minimum atomic E-state index is -3.20. The number of rotatable bonds is 5. The van der Waals surface area contributed by atoms with Gasteiger partial charge in [0.1, 0.15) is 11.6 Å². The first-order valence-electron chi connectivity index (χ1n) is 8.29. The van der Waals surface area contributed by atoms with Crippen LogP contribution in [0.1, 0.15) is 50.5 Å². The van der Waals surface area contributed by atoms with Crippen molar-refractivity contribution in [3.05, 3.63) is 35.4 Å². The SMILES string of the molecule is CC(=O)[C@@H](NC(=O)c1ccc(C#CC#CC(C)(C)C)cc1)[C@](C)(O)C(F)F. The van der Waals surface area contributed by atoms with Crippen LogP contribution in [-0.2, 0) is 4.79 Å². The number of carbonyl (C=O) groups excluding carboxylic acids is 2. The van der Waals surface area contributed by atoms with Gasteiger partial charge in [0.25, 0.3) is 12.3 Å². The predicted molar refractivity (Wildman–Crippen MR) is 99.1 cm³/mol. The van der Waals surface area contributed by atoms with E-state index in [1.807, 2.05) is 20.8 Å². The maximum Gasteiger partial charge on any atom is 0.269 e. The number of halogens is 2. The zero-order chi connectivity index (χ0) is 20.8. The first-order valence-corrected chi connectivity index (χ1v) is 8.29. The van der Waals surface area contributed by atoms with Crippen molar-refractivity contribution >= 4 is 11.7 Å². The number of carbonyl (C=O) groups is 2. The Labute approximate surface area is 158 Å². The molecule has 0 saturated heterocycles. The molecule has 2 atom stereocenters. The first-order chi connectivity index (χ1) is 12.3. The summed E-state index contributed by atoms with van der Waals surface area (Å²) in [6, 6.07) is 4.33. The maximum absolute atomic E-state index is 13.0.